The molecule has 0 saturated carbocycles. The number of carbonyl (C=O) groups excluding carboxylic acids is 2. The summed E-state index contributed by atoms with van der Waals surface area (Å²) in [4.78, 5) is 34.1. The molecule has 2 aromatic carbocycles. The van der Waals surface area contributed by atoms with Crippen LogP contribution in [0.15, 0.2) is 36.4 Å². The molecule has 0 bridgehead atoms. The van der Waals surface area contributed by atoms with Gasteiger partial charge < -0.3 is 10.1 Å². The Hall–Kier alpha value is -3.29. The number of rotatable bonds is 5. The summed E-state index contributed by atoms with van der Waals surface area (Å²) >= 11 is 0. The van der Waals surface area contributed by atoms with Crippen LogP contribution >= 0.6 is 0 Å². The van der Waals surface area contributed by atoms with Crippen LogP contribution in [0.4, 0.5) is 15.8 Å². The second kappa shape index (κ2) is 7.52. The van der Waals surface area contributed by atoms with Gasteiger partial charge >= 0.3 is 5.97 Å². The largest absolute Gasteiger partial charge is 0.452 e. The Labute approximate surface area is 142 Å². The summed E-state index contributed by atoms with van der Waals surface area (Å²) in [7, 11) is 0. The lowest BCUT2D eigenvalue weighted by Gasteiger charge is -2.09. The molecule has 130 valence electrons. The van der Waals surface area contributed by atoms with Crippen molar-refractivity contribution in [3.63, 3.8) is 0 Å². The first kappa shape index (κ1) is 18.1. The Bertz CT molecular complexity index is 851. The van der Waals surface area contributed by atoms with E-state index in [2.05, 4.69) is 5.32 Å². The first-order valence-electron chi connectivity index (χ1n) is 7.26. The maximum absolute atomic E-state index is 13.4. The molecule has 0 aromatic heterocycles. The predicted octanol–water partition coefficient (Wildman–Crippen LogP) is 3.15. The molecule has 0 aliphatic rings. The number of nitrogens with one attached hydrogen (secondary N) is 1. The van der Waals surface area contributed by atoms with Crippen LogP contribution in [0.3, 0.4) is 0 Å². The highest BCUT2D eigenvalue weighted by Gasteiger charge is 2.19. The maximum Gasteiger partial charge on any atom is 0.339 e. The van der Waals surface area contributed by atoms with Gasteiger partial charge in [-0.05, 0) is 37.6 Å². The summed E-state index contributed by atoms with van der Waals surface area (Å²) in [5.41, 5.74) is 0.608. The van der Waals surface area contributed by atoms with Gasteiger partial charge in [-0.15, -0.1) is 0 Å². The van der Waals surface area contributed by atoms with Crippen LogP contribution in [0.1, 0.15) is 21.5 Å². The van der Waals surface area contributed by atoms with Crippen LogP contribution in [-0.2, 0) is 9.53 Å². The van der Waals surface area contributed by atoms with E-state index in [9.17, 15) is 24.1 Å². The molecule has 0 aliphatic carbocycles. The number of nitro groups is 1. The number of carbonyl (C=O) groups is 2. The van der Waals surface area contributed by atoms with Crippen molar-refractivity contribution in [2.45, 2.75) is 13.8 Å². The van der Waals surface area contributed by atoms with E-state index in [0.717, 1.165) is 6.07 Å². The van der Waals surface area contributed by atoms with Crippen molar-refractivity contribution in [1.82, 2.24) is 0 Å². The van der Waals surface area contributed by atoms with Crippen molar-refractivity contribution >= 4 is 23.3 Å². The van der Waals surface area contributed by atoms with Gasteiger partial charge in [-0.2, -0.15) is 0 Å². The van der Waals surface area contributed by atoms with Crippen molar-refractivity contribution in [2.24, 2.45) is 0 Å². The number of hydrogen-bond donors (Lipinski definition) is 1. The van der Waals surface area contributed by atoms with E-state index in [1.807, 2.05) is 0 Å². The zero-order chi connectivity index (χ0) is 18.6. The SMILES string of the molecule is Cc1ccc(NC(=O)COC(=O)c2cccc([N+](=O)[O-])c2C)cc1F. The maximum atomic E-state index is 13.4. The quantitative estimate of drug-likeness (QED) is 0.509. The molecule has 8 heteroatoms. The third kappa shape index (κ3) is 4.37. The number of amides is 1. The number of benzene rings is 2. The van der Waals surface area contributed by atoms with Crippen molar-refractivity contribution < 1.29 is 23.6 Å². The van der Waals surface area contributed by atoms with E-state index < -0.39 is 29.2 Å². The van der Waals surface area contributed by atoms with Gasteiger partial charge in [-0.1, -0.05) is 12.1 Å². The summed E-state index contributed by atoms with van der Waals surface area (Å²) in [5, 5.41) is 13.3. The van der Waals surface area contributed by atoms with Crippen molar-refractivity contribution in [2.75, 3.05) is 11.9 Å². The van der Waals surface area contributed by atoms with Crippen LogP contribution in [0.5, 0.6) is 0 Å². The van der Waals surface area contributed by atoms with Gasteiger partial charge in [0.05, 0.1) is 10.5 Å². The molecule has 25 heavy (non-hydrogen) atoms. The molecule has 0 saturated heterocycles. The molecular formula is C17H15FN2O5. The molecule has 0 radical (unpaired) electrons. The van der Waals surface area contributed by atoms with Gasteiger partial charge in [0.2, 0.25) is 0 Å². The Kier molecular flexibility index (Phi) is 5.43. The van der Waals surface area contributed by atoms with Gasteiger partial charge in [-0.25, -0.2) is 9.18 Å². The van der Waals surface area contributed by atoms with Crippen LogP contribution in [-0.4, -0.2) is 23.4 Å². The lowest BCUT2D eigenvalue weighted by molar-refractivity contribution is -0.385. The summed E-state index contributed by atoms with van der Waals surface area (Å²) in [6.07, 6.45) is 0. The summed E-state index contributed by atoms with van der Waals surface area (Å²) in [6.45, 7) is 2.41. The molecule has 0 atom stereocenters. The highest BCUT2D eigenvalue weighted by molar-refractivity contribution is 5.96. The fourth-order valence-electron chi connectivity index (χ4n) is 2.12. The predicted molar refractivity (Wildman–Crippen MR) is 87.9 cm³/mol. The van der Waals surface area contributed by atoms with Gasteiger partial charge in [0.15, 0.2) is 6.61 Å². The monoisotopic (exact) mass is 346 g/mol. The number of aryl methyl sites for hydroxylation is 1. The second-order valence-corrected chi connectivity index (χ2v) is 5.30. The van der Waals surface area contributed by atoms with Gasteiger partial charge in [0, 0.05) is 17.3 Å². The highest BCUT2D eigenvalue weighted by Crippen LogP contribution is 2.21. The van der Waals surface area contributed by atoms with E-state index in [-0.39, 0.29) is 22.5 Å². The van der Waals surface area contributed by atoms with Crippen LogP contribution < -0.4 is 5.32 Å². The number of halogens is 1. The average molecular weight is 346 g/mol. The molecule has 0 spiro atoms. The summed E-state index contributed by atoms with van der Waals surface area (Å²) in [5.74, 6) is -1.98. The third-order valence-corrected chi connectivity index (χ3v) is 3.51. The molecule has 2 rings (SSSR count). The van der Waals surface area contributed by atoms with E-state index in [4.69, 9.17) is 4.74 Å². The van der Waals surface area contributed by atoms with Gasteiger partial charge in [0.25, 0.3) is 11.6 Å². The van der Waals surface area contributed by atoms with Crippen molar-refractivity contribution in [3.8, 4) is 0 Å². The third-order valence-electron chi connectivity index (χ3n) is 3.51. The average Bonchev–Trinajstić information content (AvgIpc) is 2.56. The minimum absolute atomic E-state index is 0.00313. The zero-order valence-electron chi connectivity index (χ0n) is 13.5. The minimum atomic E-state index is -0.855. The fourth-order valence-corrected chi connectivity index (χ4v) is 2.12. The lowest BCUT2D eigenvalue weighted by atomic mass is 10.1. The number of anilines is 1. The number of nitrogens with zero attached hydrogens (tertiary/aromatic N) is 1. The molecular weight excluding hydrogens is 331 g/mol. The van der Waals surface area contributed by atoms with Crippen molar-refractivity contribution in [3.05, 3.63) is 69.0 Å². The van der Waals surface area contributed by atoms with E-state index in [0.29, 0.717) is 5.56 Å². The van der Waals surface area contributed by atoms with Crippen LogP contribution in [0, 0.1) is 29.8 Å². The molecule has 1 N–H and O–H groups in total. The normalized spacial score (nSPS) is 10.2. The molecule has 0 aliphatic heterocycles. The summed E-state index contributed by atoms with van der Waals surface area (Å²) in [6, 6.07) is 8.17. The molecule has 0 fully saturated rings. The second-order valence-electron chi connectivity index (χ2n) is 5.30. The number of esters is 1. The van der Waals surface area contributed by atoms with E-state index in [1.54, 1.807) is 6.92 Å². The first-order valence-corrected chi connectivity index (χ1v) is 7.26. The highest BCUT2D eigenvalue weighted by atomic mass is 19.1. The van der Waals surface area contributed by atoms with Crippen LogP contribution in [0.25, 0.3) is 0 Å². The Balaban J connectivity index is 2.00. The number of nitro benzene ring substituents is 1. The Morgan fingerprint density at radius 1 is 1.24 bits per heavy atom. The summed E-state index contributed by atoms with van der Waals surface area (Å²) < 4.78 is 18.3. The minimum Gasteiger partial charge on any atom is -0.452 e. The lowest BCUT2D eigenvalue weighted by Crippen LogP contribution is -2.21. The van der Waals surface area contributed by atoms with Gasteiger partial charge in [-0.3, -0.25) is 14.9 Å². The van der Waals surface area contributed by atoms with Crippen LogP contribution in [0.2, 0.25) is 0 Å². The standard InChI is InChI=1S/C17H15FN2O5/c1-10-6-7-12(8-14(10)18)19-16(21)9-25-17(22)13-4-3-5-15(11(13)2)20(23)24/h3-8H,9H2,1-2H3,(H,19,21). The van der Waals surface area contributed by atoms with Gasteiger partial charge in [0.1, 0.15) is 5.82 Å². The van der Waals surface area contributed by atoms with Crippen molar-refractivity contribution in [1.29, 1.82) is 0 Å². The smallest absolute Gasteiger partial charge is 0.339 e. The molecule has 0 heterocycles. The fraction of sp³-hybridized carbons (Fsp3) is 0.176. The number of hydrogen-bond acceptors (Lipinski definition) is 5. The van der Waals surface area contributed by atoms with E-state index in [1.165, 1.54) is 37.3 Å². The Morgan fingerprint density at radius 3 is 2.60 bits per heavy atom. The molecule has 7 nitrogen and oxygen atoms in total. The first-order chi connectivity index (χ1) is 11.8. The molecule has 2 aromatic rings. The molecule has 0 unspecified atom stereocenters. The topological polar surface area (TPSA) is 98.5 Å². The van der Waals surface area contributed by atoms with E-state index >= 15 is 0 Å². The molecule has 1 amide bonds. The number of ether oxygens (including phenoxy) is 1. The zero-order valence-corrected chi connectivity index (χ0v) is 13.5. The Morgan fingerprint density at radius 2 is 1.96 bits per heavy atom.